The number of carbonyl (C=O) groups is 1. The van der Waals surface area contributed by atoms with Crippen molar-refractivity contribution in [3.8, 4) is 0 Å². The van der Waals surface area contributed by atoms with Gasteiger partial charge in [-0.25, -0.2) is 5.48 Å². The highest BCUT2D eigenvalue weighted by Crippen LogP contribution is 1.99. The summed E-state index contributed by atoms with van der Waals surface area (Å²) < 4.78 is 4.85. The van der Waals surface area contributed by atoms with E-state index >= 15 is 0 Å². The van der Waals surface area contributed by atoms with Crippen LogP contribution in [0.4, 0.5) is 0 Å². The number of hydrogen-bond acceptors (Lipinski definition) is 4. The van der Waals surface area contributed by atoms with Gasteiger partial charge < -0.3 is 10.5 Å². The van der Waals surface area contributed by atoms with Crippen LogP contribution in [0.25, 0.3) is 0 Å². The van der Waals surface area contributed by atoms with Gasteiger partial charge in [-0.1, -0.05) is 30.3 Å². The maximum atomic E-state index is 11.4. The smallest absolute Gasteiger partial charge is 0.273 e. The zero-order valence-electron chi connectivity index (χ0n) is 9.18. The molecule has 0 aliphatic heterocycles. The molecule has 1 unspecified atom stereocenters. The highest BCUT2D eigenvalue weighted by molar-refractivity contribution is 5.79. The molecule has 16 heavy (non-hydrogen) atoms. The molecule has 1 aromatic carbocycles. The van der Waals surface area contributed by atoms with E-state index in [4.69, 9.17) is 15.3 Å². The Morgan fingerprint density at radius 3 is 2.69 bits per heavy atom. The van der Waals surface area contributed by atoms with Gasteiger partial charge in [0.1, 0.15) is 6.10 Å². The van der Waals surface area contributed by atoms with Gasteiger partial charge in [0.2, 0.25) is 0 Å². The minimum Gasteiger partial charge on any atom is -0.370 e. The lowest BCUT2D eigenvalue weighted by Crippen LogP contribution is -2.40. The second-order valence-electron chi connectivity index (χ2n) is 3.20. The Morgan fingerprint density at radius 2 is 2.12 bits per heavy atom. The molecule has 1 rings (SSSR count). The number of hydrogen-bond donors (Lipinski definition) is 2. The molecule has 1 aromatic rings. The van der Waals surface area contributed by atoms with Crippen LogP contribution >= 0.6 is 0 Å². The number of benzene rings is 1. The first-order chi connectivity index (χ1) is 7.77. The van der Waals surface area contributed by atoms with E-state index in [-0.39, 0.29) is 12.5 Å². The first kappa shape index (κ1) is 12.6. The van der Waals surface area contributed by atoms with Crippen LogP contribution in [0, 0.1) is 0 Å². The van der Waals surface area contributed by atoms with Crippen molar-refractivity contribution in [3.05, 3.63) is 35.9 Å². The van der Waals surface area contributed by atoms with Gasteiger partial charge in [-0.05, 0) is 5.56 Å². The standard InChI is InChI=1S/C11H16N2O3/c1-15-10(7-12)11(14)13-16-8-9-5-3-2-4-6-9/h2-6,10H,7-8,12H2,1H3,(H,13,14). The largest absolute Gasteiger partial charge is 0.370 e. The van der Waals surface area contributed by atoms with Gasteiger partial charge in [0.25, 0.3) is 5.91 Å². The van der Waals surface area contributed by atoms with Crippen LogP contribution in [0.2, 0.25) is 0 Å². The van der Waals surface area contributed by atoms with Gasteiger partial charge in [0.05, 0.1) is 6.61 Å². The number of hydroxylamine groups is 1. The molecule has 88 valence electrons. The summed E-state index contributed by atoms with van der Waals surface area (Å²) >= 11 is 0. The van der Waals surface area contributed by atoms with Gasteiger partial charge in [-0.3, -0.25) is 9.63 Å². The van der Waals surface area contributed by atoms with E-state index in [1.165, 1.54) is 7.11 Å². The number of ether oxygens (including phenoxy) is 1. The molecule has 0 saturated heterocycles. The van der Waals surface area contributed by atoms with Crippen molar-refractivity contribution in [2.24, 2.45) is 5.73 Å². The van der Waals surface area contributed by atoms with Crippen molar-refractivity contribution in [1.29, 1.82) is 0 Å². The quantitative estimate of drug-likeness (QED) is 0.677. The Hall–Kier alpha value is -1.43. The molecule has 3 N–H and O–H groups in total. The normalized spacial score (nSPS) is 12.1. The Balaban J connectivity index is 2.28. The minimum atomic E-state index is -0.671. The molecule has 0 radical (unpaired) electrons. The fourth-order valence-corrected chi connectivity index (χ4v) is 1.14. The van der Waals surface area contributed by atoms with E-state index in [0.29, 0.717) is 6.61 Å². The highest BCUT2D eigenvalue weighted by atomic mass is 16.7. The molecule has 0 heterocycles. The van der Waals surface area contributed by atoms with Crippen LogP contribution in [0.5, 0.6) is 0 Å². The van der Waals surface area contributed by atoms with E-state index in [0.717, 1.165) is 5.56 Å². The zero-order chi connectivity index (χ0) is 11.8. The predicted octanol–water partition coefficient (Wildman–Crippen LogP) is 0.208. The molecule has 1 amide bonds. The molecule has 1 atom stereocenters. The summed E-state index contributed by atoms with van der Waals surface area (Å²) in [6, 6.07) is 9.53. The van der Waals surface area contributed by atoms with Crippen molar-refractivity contribution in [2.75, 3.05) is 13.7 Å². The third-order valence-corrected chi connectivity index (χ3v) is 2.05. The maximum Gasteiger partial charge on any atom is 0.273 e. The molecule has 5 heteroatoms. The summed E-state index contributed by atoms with van der Waals surface area (Å²) in [5.41, 5.74) is 8.59. The average molecular weight is 224 g/mol. The first-order valence-electron chi connectivity index (χ1n) is 4.96. The molecule has 0 aromatic heterocycles. The Morgan fingerprint density at radius 1 is 1.44 bits per heavy atom. The number of methoxy groups -OCH3 is 1. The topological polar surface area (TPSA) is 73.6 Å². The van der Waals surface area contributed by atoms with E-state index < -0.39 is 6.10 Å². The number of nitrogens with one attached hydrogen (secondary N) is 1. The molecule has 0 aliphatic carbocycles. The van der Waals surface area contributed by atoms with Crippen LogP contribution < -0.4 is 11.2 Å². The molecular weight excluding hydrogens is 208 g/mol. The SMILES string of the molecule is COC(CN)C(=O)NOCc1ccccc1. The van der Waals surface area contributed by atoms with Crippen LogP contribution in [0.3, 0.4) is 0 Å². The Kier molecular flexibility index (Phi) is 5.49. The van der Waals surface area contributed by atoms with Gasteiger partial charge in [0, 0.05) is 13.7 Å². The Labute approximate surface area is 94.5 Å². The van der Waals surface area contributed by atoms with Crippen molar-refractivity contribution in [2.45, 2.75) is 12.7 Å². The van der Waals surface area contributed by atoms with Crippen LogP contribution in [0.1, 0.15) is 5.56 Å². The number of amides is 1. The summed E-state index contributed by atoms with van der Waals surface area (Å²) in [6.07, 6.45) is -0.671. The van der Waals surface area contributed by atoms with Crippen LogP contribution in [-0.2, 0) is 21.0 Å². The second kappa shape index (κ2) is 6.95. The van der Waals surface area contributed by atoms with E-state index in [1.807, 2.05) is 30.3 Å². The van der Waals surface area contributed by atoms with Crippen molar-refractivity contribution < 1.29 is 14.4 Å². The summed E-state index contributed by atoms with van der Waals surface area (Å²) in [6.45, 7) is 0.435. The molecule has 5 nitrogen and oxygen atoms in total. The van der Waals surface area contributed by atoms with Crippen LogP contribution in [0.15, 0.2) is 30.3 Å². The Bertz CT molecular complexity index is 312. The summed E-state index contributed by atoms with van der Waals surface area (Å²) in [5.74, 6) is -0.374. The minimum absolute atomic E-state index is 0.122. The highest BCUT2D eigenvalue weighted by Gasteiger charge is 2.15. The first-order valence-corrected chi connectivity index (χ1v) is 4.96. The number of carbonyl (C=O) groups excluding carboxylic acids is 1. The third kappa shape index (κ3) is 3.98. The third-order valence-electron chi connectivity index (χ3n) is 2.05. The maximum absolute atomic E-state index is 11.4. The van der Waals surface area contributed by atoms with Gasteiger partial charge in [-0.2, -0.15) is 0 Å². The molecule has 0 saturated carbocycles. The molecule has 0 aliphatic rings. The van der Waals surface area contributed by atoms with E-state index in [1.54, 1.807) is 0 Å². The van der Waals surface area contributed by atoms with Gasteiger partial charge >= 0.3 is 0 Å². The van der Waals surface area contributed by atoms with Gasteiger partial charge in [-0.15, -0.1) is 0 Å². The second-order valence-corrected chi connectivity index (χ2v) is 3.20. The average Bonchev–Trinajstić information content (AvgIpc) is 2.32. The molecular formula is C11H16N2O3. The lowest BCUT2D eigenvalue weighted by Gasteiger charge is -2.12. The lowest BCUT2D eigenvalue weighted by molar-refractivity contribution is -0.144. The van der Waals surface area contributed by atoms with Crippen molar-refractivity contribution in [3.63, 3.8) is 0 Å². The lowest BCUT2D eigenvalue weighted by atomic mass is 10.2. The predicted molar refractivity (Wildman–Crippen MR) is 59.2 cm³/mol. The summed E-state index contributed by atoms with van der Waals surface area (Å²) in [4.78, 5) is 16.4. The van der Waals surface area contributed by atoms with Crippen molar-refractivity contribution in [1.82, 2.24) is 5.48 Å². The fraction of sp³-hybridized carbons (Fsp3) is 0.364. The van der Waals surface area contributed by atoms with E-state index in [2.05, 4.69) is 5.48 Å². The van der Waals surface area contributed by atoms with Crippen molar-refractivity contribution >= 4 is 5.91 Å². The zero-order valence-corrected chi connectivity index (χ0v) is 9.18. The van der Waals surface area contributed by atoms with E-state index in [9.17, 15) is 4.79 Å². The molecule has 0 fully saturated rings. The summed E-state index contributed by atoms with van der Waals surface area (Å²) in [7, 11) is 1.42. The summed E-state index contributed by atoms with van der Waals surface area (Å²) in [5, 5.41) is 0. The van der Waals surface area contributed by atoms with Gasteiger partial charge in [0.15, 0.2) is 0 Å². The molecule has 0 bridgehead atoms. The van der Waals surface area contributed by atoms with Crippen LogP contribution in [-0.4, -0.2) is 25.7 Å². The number of rotatable bonds is 6. The fourth-order valence-electron chi connectivity index (χ4n) is 1.14. The monoisotopic (exact) mass is 224 g/mol. The number of nitrogens with two attached hydrogens (primary N) is 1. The molecule has 0 spiro atoms.